The summed E-state index contributed by atoms with van der Waals surface area (Å²) in [5, 5.41) is 12.5. The van der Waals surface area contributed by atoms with Gasteiger partial charge in [-0.05, 0) is 47.0 Å². The molecule has 0 radical (unpaired) electrons. The van der Waals surface area contributed by atoms with E-state index in [4.69, 9.17) is 16.3 Å². The molecule has 0 saturated heterocycles. The van der Waals surface area contributed by atoms with Gasteiger partial charge in [0.1, 0.15) is 5.75 Å². The molecular weight excluding hydrogens is 330 g/mol. The minimum atomic E-state index is 0.556. The van der Waals surface area contributed by atoms with Crippen LogP contribution in [0, 0.1) is 11.3 Å². The quantitative estimate of drug-likeness (QED) is 0.398. The van der Waals surface area contributed by atoms with E-state index in [-0.39, 0.29) is 0 Å². The molecule has 0 aliphatic rings. The van der Waals surface area contributed by atoms with Gasteiger partial charge in [0.15, 0.2) is 0 Å². The molecule has 0 aliphatic carbocycles. The molecule has 0 N–H and O–H groups in total. The number of ether oxygens (including phenoxy) is 1. The van der Waals surface area contributed by atoms with Crippen molar-refractivity contribution in [1.29, 1.82) is 5.26 Å². The molecule has 0 heterocycles. The lowest BCUT2D eigenvalue weighted by Crippen LogP contribution is -1.97. The monoisotopic (exact) mass is 347 g/mol. The predicted molar refractivity (Wildman–Crippen MR) is 105 cm³/mol. The third-order valence-electron chi connectivity index (χ3n) is 3.94. The maximum atomic E-state index is 9.67. The van der Waals surface area contributed by atoms with E-state index in [1.165, 1.54) is 0 Å². The number of halogens is 1. The summed E-state index contributed by atoms with van der Waals surface area (Å²) in [6.07, 6.45) is 2.81. The Hall–Kier alpha value is -2.76. The fourth-order valence-corrected chi connectivity index (χ4v) is 2.93. The lowest BCUT2D eigenvalue weighted by atomic mass is 9.98. The van der Waals surface area contributed by atoms with Gasteiger partial charge < -0.3 is 4.74 Å². The highest BCUT2D eigenvalue weighted by atomic mass is 35.5. The van der Waals surface area contributed by atoms with Crippen molar-refractivity contribution in [3.05, 3.63) is 76.8 Å². The van der Waals surface area contributed by atoms with Crippen molar-refractivity contribution in [1.82, 2.24) is 0 Å². The van der Waals surface area contributed by atoms with Crippen LogP contribution in [0.2, 0.25) is 5.02 Å². The first kappa shape index (κ1) is 17.1. The molecule has 3 rings (SSSR count). The number of hydrogen-bond donors (Lipinski definition) is 0. The second-order valence-electron chi connectivity index (χ2n) is 5.73. The van der Waals surface area contributed by atoms with Crippen molar-refractivity contribution < 1.29 is 4.74 Å². The molecule has 0 atom stereocenters. The summed E-state index contributed by atoms with van der Waals surface area (Å²) >= 11 is 6.08. The molecule has 25 heavy (non-hydrogen) atoms. The zero-order valence-electron chi connectivity index (χ0n) is 14.0. The molecule has 0 aliphatic heterocycles. The first-order chi connectivity index (χ1) is 12.2. The van der Waals surface area contributed by atoms with Crippen LogP contribution < -0.4 is 4.74 Å². The number of hydrogen-bond acceptors (Lipinski definition) is 2. The Labute approximate surface area is 152 Å². The highest BCUT2D eigenvalue weighted by Crippen LogP contribution is 2.32. The third kappa shape index (κ3) is 3.84. The van der Waals surface area contributed by atoms with E-state index in [1.54, 1.807) is 12.1 Å². The van der Waals surface area contributed by atoms with Crippen LogP contribution in [0.3, 0.4) is 0 Å². The molecule has 2 nitrogen and oxygen atoms in total. The Morgan fingerprint density at radius 3 is 2.72 bits per heavy atom. The predicted octanol–water partition coefficient (Wildman–Crippen LogP) is 6.35. The minimum absolute atomic E-state index is 0.556. The van der Waals surface area contributed by atoms with E-state index in [2.05, 4.69) is 19.1 Å². The third-order valence-corrected chi connectivity index (χ3v) is 4.17. The van der Waals surface area contributed by atoms with Gasteiger partial charge >= 0.3 is 0 Å². The Bertz CT molecular complexity index is 969. The fraction of sp³-hybridized carbons (Fsp3) is 0.136. The van der Waals surface area contributed by atoms with Crippen LogP contribution in [0.25, 0.3) is 22.4 Å². The van der Waals surface area contributed by atoms with Gasteiger partial charge in [0.25, 0.3) is 0 Å². The van der Waals surface area contributed by atoms with E-state index < -0.39 is 0 Å². The average molecular weight is 348 g/mol. The van der Waals surface area contributed by atoms with Gasteiger partial charge in [0.2, 0.25) is 0 Å². The van der Waals surface area contributed by atoms with E-state index in [0.29, 0.717) is 17.2 Å². The smallest absolute Gasteiger partial charge is 0.127 e. The van der Waals surface area contributed by atoms with Crippen LogP contribution in [0.1, 0.15) is 24.5 Å². The second-order valence-corrected chi connectivity index (χ2v) is 6.16. The normalized spacial score (nSPS) is 11.3. The van der Waals surface area contributed by atoms with Crippen LogP contribution in [-0.2, 0) is 0 Å². The summed E-state index contributed by atoms with van der Waals surface area (Å²) in [6.45, 7) is 2.71. The van der Waals surface area contributed by atoms with Gasteiger partial charge in [0.05, 0.1) is 18.2 Å². The summed E-state index contributed by atoms with van der Waals surface area (Å²) in [5.74, 6) is 0.787. The van der Waals surface area contributed by atoms with Crippen molar-refractivity contribution in [2.24, 2.45) is 0 Å². The Morgan fingerprint density at radius 2 is 1.96 bits per heavy atom. The van der Waals surface area contributed by atoms with Gasteiger partial charge in [-0.1, -0.05) is 61.0 Å². The maximum absolute atomic E-state index is 9.67. The Balaban J connectivity index is 2.19. The molecule has 3 heteroatoms. The van der Waals surface area contributed by atoms with Crippen LogP contribution in [0.4, 0.5) is 0 Å². The molecule has 124 valence electrons. The molecule has 0 saturated carbocycles. The van der Waals surface area contributed by atoms with Crippen molar-refractivity contribution >= 4 is 34.0 Å². The van der Waals surface area contributed by atoms with Crippen molar-refractivity contribution in [2.45, 2.75) is 13.3 Å². The average Bonchev–Trinajstić information content (AvgIpc) is 2.64. The van der Waals surface area contributed by atoms with Crippen LogP contribution in [0.15, 0.2) is 60.7 Å². The van der Waals surface area contributed by atoms with E-state index >= 15 is 0 Å². The van der Waals surface area contributed by atoms with E-state index in [9.17, 15) is 5.26 Å². The van der Waals surface area contributed by atoms with E-state index in [1.807, 2.05) is 48.5 Å². The number of nitriles is 1. The van der Waals surface area contributed by atoms with Gasteiger partial charge in [0, 0.05) is 10.6 Å². The SMILES string of the molecule is CCCOc1ccc2ccccc2c1/C=C(\C#N)c1cccc(Cl)c1. The van der Waals surface area contributed by atoms with Gasteiger partial charge in [-0.15, -0.1) is 0 Å². The topological polar surface area (TPSA) is 33.0 Å². The molecule has 0 aromatic heterocycles. The van der Waals surface area contributed by atoms with Gasteiger partial charge in [-0.2, -0.15) is 5.26 Å². The minimum Gasteiger partial charge on any atom is -0.493 e. The zero-order valence-corrected chi connectivity index (χ0v) is 14.8. The lowest BCUT2D eigenvalue weighted by Gasteiger charge is -2.12. The van der Waals surface area contributed by atoms with Crippen molar-refractivity contribution in [3.63, 3.8) is 0 Å². The molecule has 3 aromatic rings. The van der Waals surface area contributed by atoms with Gasteiger partial charge in [-0.25, -0.2) is 0 Å². The molecule has 0 fully saturated rings. The Kier molecular flexibility index (Phi) is 5.38. The van der Waals surface area contributed by atoms with Crippen molar-refractivity contribution in [3.8, 4) is 11.8 Å². The van der Waals surface area contributed by atoms with Crippen molar-refractivity contribution in [2.75, 3.05) is 6.61 Å². The van der Waals surface area contributed by atoms with Crippen LogP contribution in [-0.4, -0.2) is 6.61 Å². The number of allylic oxidation sites excluding steroid dienone is 1. The summed E-state index contributed by atoms with van der Waals surface area (Å²) in [4.78, 5) is 0. The fourth-order valence-electron chi connectivity index (χ4n) is 2.74. The largest absolute Gasteiger partial charge is 0.493 e. The number of nitrogens with zero attached hydrogens (tertiary/aromatic N) is 1. The summed E-state index contributed by atoms with van der Waals surface area (Å²) in [7, 11) is 0. The molecular formula is C22H18ClNO. The molecule has 0 amide bonds. The summed E-state index contributed by atoms with van der Waals surface area (Å²) in [5.41, 5.74) is 2.27. The number of fused-ring (bicyclic) bond motifs is 1. The summed E-state index contributed by atoms with van der Waals surface area (Å²) < 4.78 is 5.92. The van der Waals surface area contributed by atoms with Crippen LogP contribution in [0.5, 0.6) is 5.75 Å². The molecule has 0 spiro atoms. The highest BCUT2D eigenvalue weighted by Gasteiger charge is 2.10. The standard InChI is InChI=1S/C22H18ClNO/c1-2-12-25-22-11-10-16-6-3-4-9-20(16)21(22)14-18(15-24)17-7-5-8-19(23)13-17/h3-11,13-14H,2,12H2,1H3/b18-14+. The number of benzene rings is 3. The second kappa shape index (κ2) is 7.88. The van der Waals surface area contributed by atoms with E-state index in [0.717, 1.165) is 34.1 Å². The molecule has 0 unspecified atom stereocenters. The maximum Gasteiger partial charge on any atom is 0.127 e. The summed E-state index contributed by atoms with van der Waals surface area (Å²) in [6, 6.07) is 21.7. The highest BCUT2D eigenvalue weighted by molar-refractivity contribution is 6.30. The Morgan fingerprint density at radius 1 is 1.12 bits per heavy atom. The molecule has 0 bridgehead atoms. The number of rotatable bonds is 5. The first-order valence-electron chi connectivity index (χ1n) is 8.25. The first-order valence-corrected chi connectivity index (χ1v) is 8.63. The van der Waals surface area contributed by atoms with Gasteiger partial charge in [-0.3, -0.25) is 0 Å². The molecule has 3 aromatic carbocycles. The lowest BCUT2D eigenvalue weighted by molar-refractivity contribution is 0.317. The zero-order chi connectivity index (χ0) is 17.6. The van der Waals surface area contributed by atoms with Crippen LogP contribution >= 0.6 is 11.6 Å².